The zero-order chi connectivity index (χ0) is 14.7. The van der Waals surface area contributed by atoms with Crippen molar-refractivity contribution in [3.05, 3.63) is 65.7 Å². The van der Waals surface area contributed by atoms with Gasteiger partial charge in [0, 0.05) is 0 Å². The fourth-order valence-corrected chi connectivity index (χ4v) is 2.42. The molecular formula is C18H19N3. The van der Waals surface area contributed by atoms with Crippen LogP contribution in [0.1, 0.15) is 30.5 Å². The average Bonchev–Trinajstić information content (AvgIpc) is 2.94. The number of aryl methyl sites for hydroxylation is 1. The lowest BCUT2D eigenvalue weighted by Gasteiger charge is -2.11. The largest absolute Gasteiger partial charge is 0.238 e. The van der Waals surface area contributed by atoms with Crippen LogP contribution in [0.3, 0.4) is 0 Å². The van der Waals surface area contributed by atoms with Gasteiger partial charge in [0.05, 0.1) is 11.6 Å². The first-order valence-corrected chi connectivity index (χ1v) is 7.32. The molecule has 1 heterocycles. The first kappa shape index (κ1) is 13.6. The van der Waals surface area contributed by atoms with Gasteiger partial charge in [-0.05, 0) is 31.0 Å². The number of hydrogen-bond donors (Lipinski definition) is 0. The summed E-state index contributed by atoms with van der Waals surface area (Å²) in [5.41, 5.74) is 4.52. The molecule has 0 spiro atoms. The molecule has 3 nitrogen and oxygen atoms in total. The lowest BCUT2D eigenvalue weighted by atomic mass is 10.1. The van der Waals surface area contributed by atoms with Gasteiger partial charge < -0.3 is 0 Å². The standard InChI is InChI=1S/C18H19N3/c1-3-16(13-12-15-10-8-14(2)9-11-15)21-18-7-5-4-6-17(18)19-20-21/h4-13,16H,3H2,1-2H3/b13-12+. The number of aromatic nitrogens is 3. The van der Waals surface area contributed by atoms with Crippen LogP contribution in [-0.2, 0) is 0 Å². The summed E-state index contributed by atoms with van der Waals surface area (Å²) in [7, 11) is 0. The number of rotatable bonds is 4. The van der Waals surface area contributed by atoms with Crippen molar-refractivity contribution in [2.75, 3.05) is 0 Å². The third-order valence-electron chi connectivity index (χ3n) is 3.70. The van der Waals surface area contributed by atoms with Crippen molar-refractivity contribution < 1.29 is 0 Å². The normalized spacial score (nSPS) is 13.0. The van der Waals surface area contributed by atoms with Crippen LogP contribution in [0, 0.1) is 6.92 Å². The Balaban J connectivity index is 1.89. The lowest BCUT2D eigenvalue weighted by Crippen LogP contribution is -2.07. The molecule has 0 aliphatic rings. The molecule has 3 aromatic rings. The molecule has 0 amide bonds. The lowest BCUT2D eigenvalue weighted by molar-refractivity contribution is 0.524. The quantitative estimate of drug-likeness (QED) is 0.707. The molecule has 106 valence electrons. The highest BCUT2D eigenvalue weighted by atomic mass is 15.4. The predicted octanol–water partition coefficient (Wildman–Crippen LogP) is 4.40. The van der Waals surface area contributed by atoms with Gasteiger partial charge >= 0.3 is 0 Å². The predicted molar refractivity (Wildman–Crippen MR) is 87.1 cm³/mol. The number of hydrogen-bond acceptors (Lipinski definition) is 2. The summed E-state index contributed by atoms with van der Waals surface area (Å²) in [5.74, 6) is 0. The van der Waals surface area contributed by atoms with Crippen LogP contribution >= 0.6 is 0 Å². The Morgan fingerprint density at radius 3 is 2.62 bits per heavy atom. The molecule has 1 unspecified atom stereocenters. The number of nitrogens with zero attached hydrogens (tertiary/aromatic N) is 3. The molecule has 0 bridgehead atoms. The van der Waals surface area contributed by atoms with Crippen LogP contribution in [0.15, 0.2) is 54.6 Å². The van der Waals surface area contributed by atoms with Gasteiger partial charge in [0.2, 0.25) is 0 Å². The SMILES string of the molecule is CCC(/C=C/c1ccc(C)cc1)n1nnc2ccccc21. The molecule has 2 aromatic carbocycles. The summed E-state index contributed by atoms with van der Waals surface area (Å²) in [5, 5.41) is 8.54. The first-order valence-electron chi connectivity index (χ1n) is 7.32. The Bertz CT molecular complexity index is 753. The minimum atomic E-state index is 0.221. The molecule has 3 rings (SSSR count). The van der Waals surface area contributed by atoms with Gasteiger partial charge in [0.15, 0.2) is 0 Å². The molecule has 0 saturated heterocycles. The van der Waals surface area contributed by atoms with E-state index in [4.69, 9.17) is 0 Å². The minimum absolute atomic E-state index is 0.221. The Morgan fingerprint density at radius 2 is 1.86 bits per heavy atom. The second kappa shape index (κ2) is 5.92. The number of fused-ring (bicyclic) bond motifs is 1. The van der Waals surface area contributed by atoms with Crippen LogP contribution in [0.4, 0.5) is 0 Å². The number of benzene rings is 2. The van der Waals surface area contributed by atoms with Crippen molar-refractivity contribution >= 4 is 17.1 Å². The van der Waals surface area contributed by atoms with E-state index in [1.165, 1.54) is 11.1 Å². The zero-order valence-electron chi connectivity index (χ0n) is 12.4. The highest BCUT2D eigenvalue weighted by Crippen LogP contribution is 2.20. The third-order valence-corrected chi connectivity index (χ3v) is 3.70. The summed E-state index contributed by atoms with van der Waals surface area (Å²) < 4.78 is 2.00. The summed E-state index contributed by atoms with van der Waals surface area (Å²) in [6, 6.07) is 16.8. The molecular weight excluding hydrogens is 258 g/mol. The van der Waals surface area contributed by atoms with E-state index in [0.717, 1.165) is 17.5 Å². The molecule has 0 saturated carbocycles. The Kier molecular flexibility index (Phi) is 3.82. The molecule has 21 heavy (non-hydrogen) atoms. The van der Waals surface area contributed by atoms with E-state index in [9.17, 15) is 0 Å². The van der Waals surface area contributed by atoms with Gasteiger partial charge in [-0.15, -0.1) is 5.10 Å². The first-order chi connectivity index (χ1) is 10.3. The van der Waals surface area contributed by atoms with Crippen LogP contribution in [0.25, 0.3) is 17.1 Å². The van der Waals surface area contributed by atoms with Crippen LogP contribution in [0.2, 0.25) is 0 Å². The average molecular weight is 277 g/mol. The van der Waals surface area contributed by atoms with Crippen molar-refractivity contribution in [2.24, 2.45) is 0 Å². The van der Waals surface area contributed by atoms with Crippen LogP contribution < -0.4 is 0 Å². The molecule has 1 aromatic heterocycles. The minimum Gasteiger partial charge on any atom is -0.238 e. The molecule has 1 atom stereocenters. The van der Waals surface area contributed by atoms with Crippen molar-refractivity contribution in [1.29, 1.82) is 0 Å². The van der Waals surface area contributed by atoms with Gasteiger partial charge in [0.1, 0.15) is 5.52 Å². The Hall–Kier alpha value is -2.42. The van der Waals surface area contributed by atoms with E-state index in [0.29, 0.717) is 0 Å². The van der Waals surface area contributed by atoms with Gasteiger partial charge in [-0.3, -0.25) is 0 Å². The third kappa shape index (κ3) is 2.87. The number of para-hydroxylation sites is 1. The van der Waals surface area contributed by atoms with Crippen LogP contribution in [0.5, 0.6) is 0 Å². The summed E-state index contributed by atoms with van der Waals surface area (Å²) >= 11 is 0. The van der Waals surface area contributed by atoms with Gasteiger partial charge in [-0.2, -0.15) is 0 Å². The van der Waals surface area contributed by atoms with E-state index in [-0.39, 0.29) is 6.04 Å². The Labute approximate surface area is 124 Å². The van der Waals surface area contributed by atoms with E-state index >= 15 is 0 Å². The van der Waals surface area contributed by atoms with Crippen molar-refractivity contribution in [3.8, 4) is 0 Å². The number of allylic oxidation sites excluding steroid dienone is 1. The highest BCUT2D eigenvalue weighted by molar-refractivity contribution is 5.74. The molecule has 0 fully saturated rings. The molecule has 0 N–H and O–H groups in total. The van der Waals surface area contributed by atoms with E-state index in [2.05, 4.69) is 66.6 Å². The van der Waals surface area contributed by atoms with Gasteiger partial charge in [-0.25, -0.2) is 4.68 Å². The summed E-state index contributed by atoms with van der Waals surface area (Å²) in [6.07, 6.45) is 5.34. The maximum absolute atomic E-state index is 4.31. The maximum Gasteiger partial charge on any atom is 0.113 e. The van der Waals surface area contributed by atoms with Crippen LogP contribution in [-0.4, -0.2) is 15.0 Å². The monoisotopic (exact) mass is 277 g/mol. The topological polar surface area (TPSA) is 30.7 Å². The van der Waals surface area contributed by atoms with E-state index < -0.39 is 0 Å². The van der Waals surface area contributed by atoms with Gasteiger partial charge in [-0.1, -0.05) is 66.3 Å². The van der Waals surface area contributed by atoms with E-state index in [1.807, 2.05) is 22.9 Å². The smallest absolute Gasteiger partial charge is 0.113 e. The molecule has 0 radical (unpaired) electrons. The molecule has 3 heteroatoms. The van der Waals surface area contributed by atoms with Gasteiger partial charge in [0.25, 0.3) is 0 Å². The van der Waals surface area contributed by atoms with E-state index in [1.54, 1.807) is 0 Å². The molecule has 0 aliphatic carbocycles. The van der Waals surface area contributed by atoms with Crippen molar-refractivity contribution in [3.63, 3.8) is 0 Å². The Morgan fingerprint density at radius 1 is 1.10 bits per heavy atom. The van der Waals surface area contributed by atoms with Crippen molar-refractivity contribution in [2.45, 2.75) is 26.3 Å². The summed E-state index contributed by atoms with van der Waals surface area (Å²) in [4.78, 5) is 0. The highest BCUT2D eigenvalue weighted by Gasteiger charge is 2.10. The fraction of sp³-hybridized carbons (Fsp3) is 0.222. The fourth-order valence-electron chi connectivity index (χ4n) is 2.42. The van der Waals surface area contributed by atoms with Crippen molar-refractivity contribution in [1.82, 2.24) is 15.0 Å². The second-order valence-corrected chi connectivity index (χ2v) is 5.27. The second-order valence-electron chi connectivity index (χ2n) is 5.27. The molecule has 0 aliphatic heterocycles. The maximum atomic E-state index is 4.31. The summed E-state index contributed by atoms with van der Waals surface area (Å²) in [6.45, 7) is 4.27. The zero-order valence-corrected chi connectivity index (χ0v) is 12.4.